The zero-order chi connectivity index (χ0) is 22.2. The lowest BCUT2D eigenvalue weighted by atomic mass is 9.44. The van der Waals surface area contributed by atoms with Crippen LogP contribution < -0.4 is 5.32 Å². The fourth-order valence-corrected chi connectivity index (χ4v) is 8.99. The van der Waals surface area contributed by atoms with Crippen LogP contribution >= 0.6 is 0 Å². The largest absolute Gasteiger partial charge is 0.393 e. The maximum Gasteiger partial charge on any atom is 0.220 e. The number of aliphatic hydroxyl groups excluding tert-OH is 1. The Labute approximate surface area is 190 Å². The van der Waals surface area contributed by atoms with E-state index < -0.39 is 11.1 Å². The maximum atomic E-state index is 12.0. The number of aliphatic hydroxyl groups is 1. The molecule has 0 aliphatic heterocycles. The quantitative estimate of drug-likeness (QED) is 0.495. The van der Waals surface area contributed by atoms with Crippen molar-refractivity contribution in [1.29, 1.82) is 0 Å². The van der Waals surface area contributed by atoms with E-state index in [9.17, 15) is 14.1 Å². The summed E-state index contributed by atoms with van der Waals surface area (Å²) in [4.78, 5) is 12.0. The summed E-state index contributed by atoms with van der Waals surface area (Å²) < 4.78 is 19.5. The van der Waals surface area contributed by atoms with Crippen LogP contribution in [0.2, 0.25) is 0 Å². The Morgan fingerprint density at radius 2 is 1.84 bits per heavy atom. The van der Waals surface area contributed by atoms with Crippen LogP contribution in [0.15, 0.2) is 0 Å². The molecule has 31 heavy (non-hydrogen) atoms. The normalized spacial score (nSPS) is 45.3. The molecule has 1 amide bonds. The molecule has 4 aliphatic rings. The summed E-state index contributed by atoms with van der Waals surface area (Å²) in [5, 5.41) is 14.0. The summed E-state index contributed by atoms with van der Waals surface area (Å²) in [6.45, 7) is 5.32. The molecule has 6 heteroatoms. The van der Waals surface area contributed by atoms with E-state index in [0.29, 0.717) is 40.9 Å². The molecule has 4 fully saturated rings. The number of hydrogen-bond donors (Lipinski definition) is 3. The van der Waals surface area contributed by atoms with Crippen LogP contribution in [0.4, 0.5) is 0 Å². The van der Waals surface area contributed by atoms with Gasteiger partial charge in [0.25, 0.3) is 0 Å². The van der Waals surface area contributed by atoms with Gasteiger partial charge in [-0.2, -0.15) is 0 Å². The van der Waals surface area contributed by atoms with E-state index in [1.54, 1.807) is 0 Å². The van der Waals surface area contributed by atoms with Crippen molar-refractivity contribution in [3.8, 4) is 0 Å². The van der Waals surface area contributed by atoms with Crippen LogP contribution in [-0.4, -0.2) is 38.2 Å². The predicted molar refractivity (Wildman–Crippen MR) is 124 cm³/mol. The van der Waals surface area contributed by atoms with Gasteiger partial charge in [0.2, 0.25) is 5.91 Å². The van der Waals surface area contributed by atoms with E-state index in [1.165, 1.54) is 51.4 Å². The zero-order valence-electron chi connectivity index (χ0n) is 19.5. The molecule has 0 radical (unpaired) electrons. The molecule has 178 valence electrons. The van der Waals surface area contributed by atoms with Gasteiger partial charge in [-0.15, -0.1) is 0 Å². The summed E-state index contributed by atoms with van der Waals surface area (Å²) in [6, 6.07) is 0. The molecule has 0 aromatic heterocycles. The summed E-state index contributed by atoms with van der Waals surface area (Å²) in [6.07, 6.45) is 13.8. The highest BCUT2D eigenvalue weighted by Crippen LogP contribution is 2.67. The summed E-state index contributed by atoms with van der Waals surface area (Å²) in [5.41, 5.74) is 0.752. The van der Waals surface area contributed by atoms with Crippen LogP contribution in [0.1, 0.15) is 90.9 Å². The van der Waals surface area contributed by atoms with Gasteiger partial charge in [0.05, 0.1) is 11.9 Å². The van der Waals surface area contributed by atoms with Crippen LogP contribution in [0.3, 0.4) is 0 Å². The molecule has 3 N–H and O–H groups in total. The van der Waals surface area contributed by atoms with Crippen molar-refractivity contribution in [2.24, 2.45) is 40.4 Å². The van der Waals surface area contributed by atoms with Gasteiger partial charge in [-0.1, -0.05) is 26.7 Å². The first kappa shape index (κ1) is 23.7. The van der Waals surface area contributed by atoms with Crippen LogP contribution in [0.5, 0.6) is 0 Å². The van der Waals surface area contributed by atoms with Gasteiger partial charge >= 0.3 is 0 Å². The molecule has 9 unspecified atom stereocenters. The average molecular weight is 454 g/mol. The third-order valence-electron chi connectivity index (χ3n) is 10.4. The second kappa shape index (κ2) is 9.42. The number of fused-ring (bicyclic) bond motifs is 5. The second-order valence-corrected chi connectivity index (χ2v) is 12.7. The molecule has 0 aromatic carbocycles. The molecule has 5 nitrogen and oxygen atoms in total. The molecule has 9 atom stereocenters. The number of carbonyl (C=O) groups is 1. The highest BCUT2D eigenvalue weighted by molar-refractivity contribution is 7.79. The maximum absolute atomic E-state index is 12.0. The Kier molecular flexibility index (Phi) is 7.20. The fourth-order valence-electron chi connectivity index (χ4n) is 8.71. The Bertz CT molecular complexity index is 686. The van der Waals surface area contributed by atoms with Gasteiger partial charge in [-0.05, 0) is 98.2 Å². The van der Waals surface area contributed by atoms with Gasteiger partial charge in [-0.3, -0.25) is 4.79 Å². The lowest BCUT2D eigenvalue weighted by Gasteiger charge is -2.62. The van der Waals surface area contributed by atoms with E-state index in [0.717, 1.165) is 25.2 Å². The number of rotatable bonds is 7. The van der Waals surface area contributed by atoms with E-state index in [2.05, 4.69) is 19.2 Å². The molecule has 4 saturated carbocycles. The van der Waals surface area contributed by atoms with Crippen molar-refractivity contribution in [1.82, 2.24) is 5.32 Å². The molecule has 4 aliphatic carbocycles. The highest BCUT2D eigenvalue weighted by Gasteiger charge is 2.61. The van der Waals surface area contributed by atoms with E-state index >= 15 is 0 Å². The minimum absolute atomic E-state index is 0.00664. The molecule has 0 spiro atoms. The van der Waals surface area contributed by atoms with Gasteiger partial charge in [0.15, 0.2) is 11.1 Å². The van der Waals surface area contributed by atoms with E-state index in [-0.39, 0.29) is 24.3 Å². The molecular weight excluding hydrogens is 410 g/mol. The monoisotopic (exact) mass is 453 g/mol. The van der Waals surface area contributed by atoms with E-state index in [4.69, 9.17) is 4.55 Å². The first-order chi connectivity index (χ1) is 14.8. The topological polar surface area (TPSA) is 86.6 Å². The van der Waals surface area contributed by atoms with Crippen molar-refractivity contribution in [3.63, 3.8) is 0 Å². The minimum Gasteiger partial charge on any atom is -0.393 e. The molecule has 0 aromatic rings. The lowest BCUT2D eigenvalue weighted by Crippen LogP contribution is -2.57. The highest BCUT2D eigenvalue weighted by atomic mass is 32.2. The molecular formula is C25H43NO4S. The van der Waals surface area contributed by atoms with E-state index in [1.807, 2.05) is 0 Å². The average Bonchev–Trinajstić information content (AvgIpc) is 3.04. The fraction of sp³-hybridized carbons (Fsp3) is 0.960. The Morgan fingerprint density at radius 1 is 1.06 bits per heavy atom. The van der Waals surface area contributed by atoms with Crippen LogP contribution in [0, 0.1) is 40.4 Å². The van der Waals surface area contributed by atoms with Crippen molar-refractivity contribution in [2.75, 3.05) is 12.3 Å². The minimum atomic E-state index is -1.85. The second-order valence-electron chi connectivity index (χ2n) is 11.6. The molecule has 4 rings (SSSR count). The lowest BCUT2D eigenvalue weighted by molar-refractivity contribution is -0.162. The third kappa shape index (κ3) is 4.50. The number of amides is 1. The first-order valence-electron chi connectivity index (χ1n) is 12.8. The number of carbonyl (C=O) groups excluding carboxylic acids is 1. The van der Waals surface area contributed by atoms with Gasteiger partial charge < -0.3 is 15.0 Å². The van der Waals surface area contributed by atoms with Crippen molar-refractivity contribution in [2.45, 2.75) is 97.0 Å². The van der Waals surface area contributed by atoms with Gasteiger partial charge in [-0.25, -0.2) is 4.21 Å². The van der Waals surface area contributed by atoms with Crippen molar-refractivity contribution >= 4 is 17.0 Å². The summed E-state index contributed by atoms with van der Waals surface area (Å²) in [7, 11) is 0. The smallest absolute Gasteiger partial charge is 0.220 e. The SMILES string of the molecule is CC12CCC3C(C(O)CC4CCCCC43C)C1CCC2CCCC(=O)NCCS(=O)O. The molecule has 0 bridgehead atoms. The Balaban J connectivity index is 1.35. The Hall–Kier alpha value is -0.460. The standard InChI is InChI=1S/C25H43NO4S/c1-24-12-4-3-6-18(24)16-21(27)23-19-10-9-17(25(19,2)13-11-20(23)24)7-5-8-22(28)26-14-15-31(29)30/h17-21,23,27H,3-16H2,1-2H3,(H,26,28)(H,29,30). The summed E-state index contributed by atoms with van der Waals surface area (Å²) >= 11 is -1.85. The third-order valence-corrected chi connectivity index (χ3v) is 10.9. The van der Waals surface area contributed by atoms with Crippen LogP contribution in [0.25, 0.3) is 0 Å². The van der Waals surface area contributed by atoms with Gasteiger partial charge in [0.1, 0.15) is 0 Å². The van der Waals surface area contributed by atoms with Crippen molar-refractivity contribution < 1.29 is 18.7 Å². The number of nitrogens with one attached hydrogen (secondary N) is 1. The molecule has 0 heterocycles. The van der Waals surface area contributed by atoms with Crippen LogP contribution in [-0.2, 0) is 15.9 Å². The zero-order valence-corrected chi connectivity index (χ0v) is 20.3. The molecule has 0 saturated heterocycles. The van der Waals surface area contributed by atoms with Gasteiger partial charge in [0, 0.05) is 13.0 Å². The number of hydrogen-bond acceptors (Lipinski definition) is 3. The predicted octanol–water partition coefficient (Wildman–Crippen LogP) is 4.51. The summed E-state index contributed by atoms with van der Waals surface area (Å²) in [5.74, 6) is 3.28. The van der Waals surface area contributed by atoms with Crippen molar-refractivity contribution in [3.05, 3.63) is 0 Å². The first-order valence-corrected chi connectivity index (χ1v) is 14.1. The Morgan fingerprint density at radius 3 is 2.61 bits per heavy atom.